The van der Waals surface area contributed by atoms with Gasteiger partial charge in [0.25, 0.3) is 0 Å². The lowest BCUT2D eigenvalue weighted by Gasteiger charge is -2.32. The number of hydrogen-bond donors (Lipinski definition) is 4. The van der Waals surface area contributed by atoms with E-state index in [0.29, 0.717) is 24.3 Å². The molecule has 11 nitrogen and oxygen atoms in total. The maximum atomic E-state index is 9.55. The standard InChI is InChI=1S/C12H19N3.2C4H4O4/c1-14-8-10-15(11-9-14)7-5-12-4-2-3-6-13-12;2*5-3(6)1-2-4(7)8/h2-4,6H,5,7-11H2,1H3;2*1-2H,(H,5,6)(H,7,8). The third-order valence-electron chi connectivity index (χ3n) is 3.74. The Morgan fingerprint density at radius 1 is 0.839 bits per heavy atom. The highest BCUT2D eigenvalue weighted by molar-refractivity contribution is 5.90. The van der Waals surface area contributed by atoms with Gasteiger partial charge in [-0.3, -0.25) is 4.98 Å². The van der Waals surface area contributed by atoms with Gasteiger partial charge in [-0.15, -0.1) is 0 Å². The van der Waals surface area contributed by atoms with E-state index < -0.39 is 23.9 Å². The van der Waals surface area contributed by atoms with E-state index in [0.717, 1.165) is 13.0 Å². The highest BCUT2D eigenvalue weighted by atomic mass is 16.4. The predicted molar refractivity (Wildman–Crippen MR) is 111 cm³/mol. The topological polar surface area (TPSA) is 169 Å². The van der Waals surface area contributed by atoms with Crippen LogP contribution in [0.25, 0.3) is 0 Å². The molecule has 2 rings (SSSR count). The Balaban J connectivity index is 0.000000483. The molecule has 0 bridgehead atoms. The van der Waals surface area contributed by atoms with Crippen LogP contribution >= 0.6 is 0 Å². The summed E-state index contributed by atoms with van der Waals surface area (Å²) in [5.74, 6) is -5.03. The van der Waals surface area contributed by atoms with E-state index in [1.165, 1.54) is 31.9 Å². The van der Waals surface area contributed by atoms with Crippen molar-refractivity contribution in [1.82, 2.24) is 14.8 Å². The molecule has 0 amide bonds. The molecule has 170 valence electrons. The van der Waals surface area contributed by atoms with Gasteiger partial charge in [0.05, 0.1) is 0 Å². The minimum Gasteiger partial charge on any atom is -0.478 e. The van der Waals surface area contributed by atoms with Crippen molar-refractivity contribution in [2.75, 3.05) is 39.8 Å². The smallest absolute Gasteiger partial charge is 0.328 e. The zero-order chi connectivity index (χ0) is 23.6. The maximum absolute atomic E-state index is 9.55. The molecule has 0 unspecified atom stereocenters. The maximum Gasteiger partial charge on any atom is 0.328 e. The third kappa shape index (κ3) is 18.2. The first-order chi connectivity index (χ1) is 14.6. The quantitative estimate of drug-likeness (QED) is 0.433. The fraction of sp³-hybridized carbons (Fsp3) is 0.350. The van der Waals surface area contributed by atoms with E-state index in [9.17, 15) is 19.2 Å². The van der Waals surface area contributed by atoms with Crippen LogP contribution in [0.2, 0.25) is 0 Å². The molecule has 1 aliphatic rings. The second-order valence-electron chi connectivity index (χ2n) is 6.24. The number of carboxylic acid groups (broad SMARTS) is 4. The van der Waals surface area contributed by atoms with Gasteiger partial charge in [0.15, 0.2) is 0 Å². The van der Waals surface area contributed by atoms with Crippen molar-refractivity contribution in [2.45, 2.75) is 6.42 Å². The van der Waals surface area contributed by atoms with Gasteiger partial charge in [-0.05, 0) is 19.2 Å². The number of aromatic nitrogens is 1. The van der Waals surface area contributed by atoms with Gasteiger partial charge < -0.3 is 30.2 Å². The molecule has 0 aliphatic carbocycles. The van der Waals surface area contributed by atoms with Crippen molar-refractivity contribution < 1.29 is 39.6 Å². The zero-order valence-electron chi connectivity index (χ0n) is 17.1. The number of pyridine rings is 1. The van der Waals surface area contributed by atoms with Crippen molar-refractivity contribution in [3.05, 3.63) is 54.4 Å². The summed E-state index contributed by atoms with van der Waals surface area (Å²) in [5.41, 5.74) is 1.21. The average molecular weight is 437 g/mol. The van der Waals surface area contributed by atoms with Gasteiger partial charge in [0, 0.05) is 75.3 Å². The van der Waals surface area contributed by atoms with E-state index in [1.807, 2.05) is 12.3 Å². The first kappa shape index (κ1) is 27.4. The Hall–Kier alpha value is -3.57. The Bertz CT molecular complexity index is 691. The van der Waals surface area contributed by atoms with E-state index >= 15 is 0 Å². The van der Waals surface area contributed by atoms with E-state index in [-0.39, 0.29) is 0 Å². The highest BCUT2D eigenvalue weighted by Gasteiger charge is 2.13. The van der Waals surface area contributed by atoms with Crippen LogP contribution in [0.3, 0.4) is 0 Å². The number of carbonyl (C=O) groups is 4. The normalized spacial score (nSPS) is 14.2. The van der Waals surface area contributed by atoms with Crippen LogP contribution in [0.15, 0.2) is 48.7 Å². The van der Waals surface area contributed by atoms with Crippen LogP contribution in [0.1, 0.15) is 5.69 Å². The number of rotatable bonds is 7. The minimum absolute atomic E-state index is 0.558. The van der Waals surface area contributed by atoms with Crippen molar-refractivity contribution in [3.8, 4) is 0 Å². The minimum atomic E-state index is -1.26. The number of nitrogens with zero attached hydrogens (tertiary/aromatic N) is 3. The third-order valence-corrected chi connectivity index (χ3v) is 3.74. The molecule has 11 heteroatoms. The molecular weight excluding hydrogens is 410 g/mol. The van der Waals surface area contributed by atoms with Crippen LogP contribution in [0.5, 0.6) is 0 Å². The van der Waals surface area contributed by atoms with Crippen LogP contribution in [-0.2, 0) is 25.6 Å². The number of aliphatic carboxylic acids is 4. The van der Waals surface area contributed by atoms with Gasteiger partial charge in [-0.2, -0.15) is 0 Å². The first-order valence-electron chi connectivity index (χ1n) is 9.18. The molecule has 2 heterocycles. The van der Waals surface area contributed by atoms with E-state index in [2.05, 4.69) is 34.0 Å². The Morgan fingerprint density at radius 2 is 1.29 bits per heavy atom. The second-order valence-corrected chi connectivity index (χ2v) is 6.24. The summed E-state index contributed by atoms with van der Waals surface area (Å²) in [5, 5.41) is 31.2. The van der Waals surface area contributed by atoms with Gasteiger partial charge in [-0.25, -0.2) is 19.2 Å². The number of hydrogen-bond acceptors (Lipinski definition) is 7. The van der Waals surface area contributed by atoms with Crippen LogP contribution in [0.4, 0.5) is 0 Å². The summed E-state index contributed by atoms with van der Waals surface area (Å²) in [7, 11) is 2.19. The summed E-state index contributed by atoms with van der Waals surface area (Å²) >= 11 is 0. The lowest BCUT2D eigenvalue weighted by Crippen LogP contribution is -2.45. The molecule has 4 N–H and O–H groups in total. The molecule has 0 spiro atoms. The molecular formula is C20H27N3O8. The van der Waals surface area contributed by atoms with Gasteiger partial charge in [-0.1, -0.05) is 6.07 Å². The molecule has 0 radical (unpaired) electrons. The first-order valence-corrected chi connectivity index (χ1v) is 9.18. The fourth-order valence-corrected chi connectivity index (χ4v) is 2.18. The molecule has 0 aromatic carbocycles. The average Bonchev–Trinajstić information content (AvgIpc) is 2.72. The molecule has 1 aromatic rings. The monoisotopic (exact) mass is 437 g/mol. The van der Waals surface area contributed by atoms with Crippen molar-refractivity contribution in [1.29, 1.82) is 0 Å². The lowest BCUT2D eigenvalue weighted by atomic mass is 10.2. The van der Waals surface area contributed by atoms with E-state index in [4.69, 9.17) is 20.4 Å². The second kappa shape index (κ2) is 16.3. The van der Waals surface area contributed by atoms with E-state index in [1.54, 1.807) is 0 Å². The highest BCUT2D eigenvalue weighted by Crippen LogP contribution is 2.02. The molecule has 1 aromatic heterocycles. The molecule has 0 saturated carbocycles. The van der Waals surface area contributed by atoms with Gasteiger partial charge >= 0.3 is 23.9 Å². The summed E-state index contributed by atoms with van der Waals surface area (Å²) in [4.78, 5) is 47.5. The van der Waals surface area contributed by atoms with Gasteiger partial charge in [0.2, 0.25) is 0 Å². The lowest BCUT2D eigenvalue weighted by molar-refractivity contribution is -0.134. The zero-order valence-corrected chi connectivity index (χ0v) is 17.1. The fourth-order valence-electron chi connectivity index (χ4n) is 2.18. The molecule has 1 aliphatic heterocycles. The SMILES string of the molecule is CN1CCN(CCc2ccccn2)CC1.O=C(O)C=CC(=O)O.O=C(O)C=CC(=O)O. The molecule has 1 fully saturated rings. The number of piperazine rings is 1. The summed E-state index contributed by atoms with van der Waals surface area (Å²) in [6, 6.07) is 6.14. The van der Waals surface area contributed by atoms with Crippen LogP contribution in [-0.4, -0.2) is 98.9 Å². The van der Waals surface area contributed by atoms with Gasteiger partial charge in [0.1, 0.15) is 0 Å². The summed E-state index contributed by atoms with van der Waals surface area (Å²) < 4.78 is 0. The predicted octanol–water partition coefficient (Wildman–Crippen LogP) is 0.295. The Kier molecular flexibility index (Phi) is 14.4. The Labute approximate surface area is 179 Å². The summed E-state index contributed by atoms with van der Waals surface area (Å²) in [6.45, 7) is 5.93. The van der Waals surface area contributed by atoms with Crippen LogP contribution < -0.4 is 0 Å². The van der Waals surface area contributed by atoms with Crippen molar-refractivity contribution in [2.24, 2.45) is 0 Å². The molecule has 31 heavy (non-hydrogen) atoms. The van der Waals surface area contributed by atoms with Crippen LogP contribution in [0, 0.1) is 0 Å². The molecule has 0 atom stereocenters. The number of likely N-dealkylation sites (N-methyl/N-ethyl adjacent to an activating group) is 1. The largest absolute Gasteiger partial charge is 0.478 e. The molecule has 1 saturated heterocycles. The Morgan fingerprint density at radius 3 is 1.65 bits per heavy atom. The van der Waals surface area contributed by atoms with Crippen molar-refractivity contribution in [3.63, 3.8) is 0 Å². The number of carboxylic acids is 4. The van der Waals surface area contributed by atoms with Crippen molar-refractivity contribution >= 4 is 23.9 Å². The summed E-state index contributed by atoms with van der Waals surface area (Å²) in [6.07, 6.45) is 5.18.